The van der Waals surface area contributed by atoms with Gasteiger partial charge in [0.1, 0.15) is 6.23 Å². The highest BCUT2D eigenvalue weighted by Crippen LogP contribution is 2.37. The van der Waals surface area contributed by atoms with Crippen LogP contribution in [0.5, 0.6) is 0 Å². The Kier molecular flexibility index (Phi) is 4.97. The van der Waals surface area contributed by atoms with Crippen LogP contribution in [0.15, 0.2) is 30.5 Å². The maximum Gasteiger partial charge on any atom is 0.338 e. The fourth-order valence-corrected chi connectivity index (χ4v) is 2.39. The Balaban J connectivity index is 2.82. The van der Waals surface area contributed by atoms with Crippen molar-refractivity contribution in [2.45, 2.75) is 6.23 Å². The molecule has 22 heavy (non-hydrogen) atoms. The summed E-state index contributed by atoms with van der Waals surface area (Å²) in [4.78, 5) is 16.2. The number of carbonyl (C=O) groups excluding carboxylic acids is 1. The van der Waals surface area contributed by atoms with E-state index in [-0.39, 0.29) is 5.56 Å². The average Bonchev–Trinajstić information content (AvgIpc) is 2.54. The van der Waals surface area contributed by atoms with Gasteiger partial charge in [0.2, 0.25) is 0 Å². The SMILES string of the molecule is COC(=O)c1ccc(N)c(-c2ncccc2Cl)c1C(N)OC. The number of esters is 1. The highest BCUT2D eigenvalue weighted by Gasteiger charge is 2.25. The lowest BCUT2D eigenvalue weighted by atomic mass is 9.95. The predicted molar refractivity (Wildman–Crippen MR) is 84.4 cm³/mol. The summed E-state index contributed by atoms with van der Waals surface area (Å²) in [5.74, 6) is -0.546. The Morgan fingerprint density at radius 1 is 1.32 bits per heavy atom. The quantitative estimate of drug-likeness (QED) is 0.509. The molecule has 1 unspecified atom stereocenters. The molecule has 6 nitrogen and oxygen atoms in total. The maximum atomic E-state index is 12.0. The van der Waals surface area contributed by atoms with E-state index in [4.69, 9.17) is 32.5 Å². The van der Waals surface area contributed by atoms with Crippen molar-refractivity contribution in [3.8, 4) is 11.3 Å². The van der Waals surface area contributed by atoms with Crippen LogP contribution in [0.25, 0.3) is 11.3 Å². The Morgan fingerprint density at radius 2 is 2.05 bits per heavy atom. The van der Waals surface area contributed by atoms with E-state index < -0.39 is 12.2 Å². The normalized spacial score (nSPS) is 12.0. The summed E-state index contributed by atoms with van der Waals surface area (Å²) < 4.78 is 9.96. The van der Waals surface area contributed by atoms with Crippen LogP contribution in [0.4, 0.5) is 5.69 Å². The van der Waals surface area contributed by atoms with Crippen LogP contribution in [0.3, 0.4) is 0 Å². The molecule has 0 saturated carbocycles. The van der Waals surface area contributed by atoms with E-state index in [1.807, 2.05) is 0 Å². The number of nitrogens with zero attached hydrogens (tertiary/aromatic N) is 1. The van der Waals surface area contributed by atoms with Gasteiger partial charge >= 0.3 is 5.97 Å². The molecular formula is C15H16ClN3O3. The molecule has 0 bridgehead atoms. The molecule has 1 aromatic carbocycles. The molecule has 0 fully saturated rings. The minimum absolute atomic E-state index is 0.253. The number of hydrogen-bond acceptors (Lipinski definition) is 6. The number of benzene rings is 1. The van der Waals surface area contributed by atoms with E-state index in [1.165, 1.54) is 20.3 Å². The number of ether oxygens (including phenoxy) is 2. The lowest BCUT2D eigenvalue weighted by molar-refractivity contribution is 0.0586. The number of halogens is 1. The van der Waals surface area contributed by atoms with Gasteiger partial charge < -0.3 is 20.9 Å². The summed E-state index contributed by atoms with van der Waals surface area (Å²) in [6.07, 6.45) is 0.693. The zero-order valence-corrected chi connectivity index (χ0v) is 12.9. The Hall–Kier alpha value is -2.15. The molecule has 1 aromatic heterocycles. The minimum atomic E-state index is -0.884. The van der Waals surface area contributed by atoms with Gasteiger partial charge in [-0.15, -0.1) is 0 Å². The number of anilines is 1. The molecule has 1 heterocycles. The summed E-state index contributed by atoms with van der Waals surface area (Å²) in [6.45, 7) is 0. The van der Waals surface area contributed by atoms with Crippen LogP contribution < -0.4 is 11.5 Å². The van der Waals surface area contributed by atoms with E-state index in [2.05, 4.69) is 4.98 Å². The van der Waals surface area contributed by atoms with Crippen LogP contribution in [-0.2, 0) is 9.47 Å². The molecule has 0 radical (unpaired) electrons. The first kappa shape index (κ1) is 16.2. The van der Waals surface area contributed by atoms with Gasteiger partial charge in [0.05, 0.1) is 23.4 Å². The number of nitrogen functional groups attached to an aromatic ring is 1. The van der Waals surface area contributed by atoms with Crippen molar-refractivity contribution in [2.24, 2.45) is 5.73 Å². The van der Waals surface area contributed by atoms with Crippen LogP contribution in [0.2, 0.25) is 5.02 Å². The molecule has 0 aliphatic rings. The second kappa shape index (κ2) is 6.74. The molecule has 0 aliphatic carbocycles. The number of aromatic nitrogens is 1. The first-order valence-corrected chi connectivity index (χ1v) is 6.79. The number of nitrogens with two attached hydrogens (primary N) is 2. The van der Waals surface area contributed by atoms with Gasteiger partial charge in [-0.05, 0) is 24.3 Å². The molecule has 4 N–H and O–H groups in total. The third-order valence-corrected chi connectivity index (χ3v) is 3.52. The van der Waals surface area contributed by atoms with Gasteiger partial charge in [0.25, 0.3) is 0 Å². The Bertz CT molecular complexity index is 706. The van der Waals surface area contributed by atoms with Crippen molar-refractivity contribution in [1.29, 1.82) is 0 Å². The van der Waals surface area contributed by atoms with Crippen molar-refractivity contribution in [3.63, 3.8) is 0 Å². The second-order valence-corrected chi connectivity index (χ2v) is 4.88. The number of methoxy groups -OCH3 is 2. The average molecular weight is 322 g/mol. The summed E-state index contributed by atoms with van der Waals surface area (Å²) >= 11 is 6.20. The molecule has 116 valence electrons. The molecule has 7 heteroatoms. The Labute approximate surface area is 133 Å². The molecule has 0 amide bonds. The van der Waals surface area contributed by atoms with E-state index >= 15 is 0 Å². The van der Waals surface area contributed by atoms with Crippen LogP contribution in [0, 0.1) is 0 Å². The molecule has 2 rings (SSSR count). The van der Waals surface area contributed by atoms with Crippen LogP contribution >= 0.6 is 11.6 Å². The summed E-state index contributed by atoms with van der Waals surface area (Å²) in [5.41, 5.74) is 14.0. The highest BCUT2D eigenvalue weighted by atomic mass is 35.5. The maximum absolute atomic E-state index is 12.0. The lowest BCUT2D eigenvalue weighted by Gasteiger charge is -2.20. The molecule has 2 aromatic rings. The third kappa shape index (κ3) is 2.89. The fourth-order valence-electron chi connectivity index (χ4n) is 2.17. The fraction of sp³-hybridized carbons (Fsp3) is 0.200. The Morgan fingerprint density at radius 3 is 2.64 bits per heavy atom. The van der Waals surface area contributed by atoms with Gasteiger partial charge in [-0.2, -0.15) is 0 Å². The van der Waals surface area contributed by atoms with Gasteiger partial charge in [0.15, 0.2) is 0 Å². The first-order chi connectivity index (χ1) is 10.5. The van der Waals surface area contributed by atoms with E-state index in [0.29, 0.717) is 27.5 Å². The lowest BCUT2D eigenvalue weighted by Crippen LogP contribution is -2.19. The molecule has 1 atom stereocenters. The van der Waals surface area contributed by atoms with Crippen molar-refractivity contribution in [1.82, 2.24) is 4.98 Å². The zero-order valence-electron chi connectivity index (χ0n) is 12.2. The zero-order chi connectivity index (χ0) is 16.3. The minimum Gasteiger partial charge on any atom is -0.465 e. The van der Waals surface area contributed by atoms with Crippen molar-refractivity contribution in [2.75, 3.05) is 20.0 Å². The smallest absolute Gasteiger partial charge is 0.338 e. The molecule has 0 spiro atoms. The van der Waals surface area contributed by atoms with Crippen molar-refractivity contribution in [3.05, 3.63) is 46.6 Å². The summed E-state index contributed by atoms with van der Waals surface area (Å²) in [5, 5.41) is 0.390. The van der Waals surface area contributed by atoms with Gasteiger partial charge in [-0.1, -0.05) is 11.6 Å². The van der Waals surface area contributed by atoms with Gasteiger partial charge in [0, 0.05) is 30.1 Å². The molecule has 0 saturated heterocycles. The van der Waals surface area contributed by atoms with E-state index in [0.717, 1.165) is 0 Å². The largest absolute Gasteiger partial charge is 0.465 e. The van der Waals surface area contributed by atoms with Crippen LogP contribution in [0.1, 0.15) is 22.1 Å². The summed E-state index contributed by atoms with van der Waals surface area (Å²) in [7, 11) is 2.72. The number of carbonyl (C=O) groups is 1. The van der Waals surface area contributed by atoms with E-state index in [9.17, 15) is 4.79 Å². The summed E-state index contributed by atoms with van der Waals surface area (Å²) in [6, 6.07) is 6.49. The monoisotopic (exact) mass is 321 g/mol. The second-order valence-electron chi connectivity index (χ2n) is 4.47. The number of pyridine rings is 1. The van der Waals surface area contributed by atoms with Crippen molar-refractivity contribution >= 4 is 23.3 Å². The number of rotatable bonds is 4. The third-order valence-electron chi connectivity index (χ3n) is 3.22. The highest BCUT2D eigenvalue weighted by molar-refractivity contribution is 6.33. The molecule has 0 aliphatic heterocycles. The van der Waals surface area contributed by atoms with E-state index in [1.54, 1.807) is 24.4 Å². The van der Waals surface area contributed by atoms with Gasteiger partial charge in [-0.25, -0.2) is 4.79 Å². The predicted octanol–water partition coefficient (Wildman–Crippen LogP) is 2.37. The van der Waals surface area contributed by atoms with Gasteiger partial charge in [-0.3, -0.25) is 4.98 Å². The van der Waals surface area contributed by atoms with Crippen molar-refractivity contribution < 1.29 is 14.3 Å². The standard InChI is InChI=1S/C15H16ClN3O3/c1-21-14(18)11-8(15(20)22-2)5-6-10(17)12(11)13-9(16)4-3-7-19-13/h3-7,14H,17-18H2,1-2H3. The van der Waals surface area contributed by atoms with Crippen LogP contribution in [-0.4, -0.2) is 25.2 Å². The molecular weight excluding hydrogens is 306 g/mol. The topological polar surface area (TPSA) is 100 Å². The first-order valence-electron chi connectivity index (χ1n) is 6.41. The number of hydrogen-bond donors (Lipinski definition) is 2.